The Kier molecular flexibility index (Phi) is 3.42. The van der Waals surface area contributed by atoms with Gasteiger partial charge in [-0.15, -0.1) is 0 Å². The van der Waals surface area contributed by atoms with Gasteiger partial charge >= 0.3 is 0 Å². The molecule has 0 amide bonds. The Morgan fingerprint density at radius 2 is 2.07 bits per heavy atom. The van der Waals surface area contributed by atoms with Crippen molar-refractivity contribution in [3.05, 3.63) is 0 Å². The molecule has 2 N–H and O–H groups in total. The van der Waals surface area contributed by atoms with Crippen molar-refractivity contribution in [2.75, 3.05) is 32.8 Å². The Morgan fingerprint density at radius 3 is 2.64 bits per heavy atom. The van der Waals surface area contributed by atoms with Crippen molar-refractivity contribution in [3.8, 4) is 0 Å². The molecule has 2 saturated heterocycles. The van der Waals surface area contributed by atoms with Crippen LogP contribution in [0.2, 0.25) is 0 Å². The monoisotopic (exact) mass is 198 g/mol. The SMILES string of the molecule is CC1(NCCC2CNC2)CCOCC1. The first kappa shape index (κ1) is 10.4. The molecule has 0 aromatic heterocycles. The van der Waals surface area contributed by atoms with Crippen LogP contribution in [0.4, 0.5) is 0 Å². The van der Waals surface area contributed by atoms with Gasteiger partial charge in [-0.1, -0.05) is 0 Å². The summed E-state index contributed by atoms with van der Waals surface area (Å²) in [5.41, 5.74) is 0.343. The van der Waals surface area contributed by atoms with Gasteiger partial charge in [-0.25, -0.2) is 0 Å². The van der Waals surface area contributed by atoms with Crippen LogP contribution in [0.3, 0.4) is 0 Å². The molecule has 82 valence electrons. The molecular formula is C11H22N2O. The second-order valence-electron chi connectivity index (χ2n) is 4.91. The molecule has 0 radical (unpaired) electrons. The van der Waals surface area contributed by atoms with E-state index in [1.807, 2.05) is 0 Å². The highest BCUT2D eigenvalue weighted by Crippen LogP contribution is 2.20. The van der Waals surface area contributed by atoms with Crippen molar-refractivity contribution in [2.24, 2.45) is 5.92 Å². The third-order valence-corrected chi connectivity index (χ3v) is 3.57. The van der Waals surface area contributed by atoms with E-state index in [2.05, 4.69) is 17.6 Å². The van der Waals surface area contributed by atoms with Crippen molar-refractivity contribution < 1.29 is 4.74 Å². The Balaban J connectivity index is 1.62. The topological polar surface area (TPSA) is 33.3 Å². The summed E-state index contributed by atoms with van der Waals surface area (Å²) in [6.45, 7) is 7.80. The molecule has 2 heterocycles. The van der Waals surface area contributed by atoms with Gasteiger partial charge in [0.1, 0.15) is 0 Å². The molecule has 2 rings (SSSR count). The molecule has 3 heteroatoms. The average Bonchev–Trinajstić information content (AvgIpc) is 2.11. The van der Waals surface area contributed by atoms with Gasteiger partial charge in [0.05, 0.1) is 0 Å². The fourth-order valence-corrected chi connectivity index (χ4v) is 2.13. The van der Waals surface area contributed by atoms with E-state index in [1.165, 1.54) is 26.1 Å². The van der Waals surface area contributed by atoms with Gasteiger partial charge in [0.25, 0.3) is 0 Å². The summed E-state index contributed by atoms with van der Waals surface area (Å²) in [5, 5.41) is 7.00. The molecule has 2 fully saturated rings. The van der Waals surface area contributed by atoms with E-state index >= 15 is 0 Å². The first-order chi connectivity index (χ1) is 6.79. The van der Waals surface area contributed by atoms with Crippen LogP contribution in [-0.4, -0.2) is 38.4 Å². The Morgan fingerprint density at radius 1 is 1.36 bits per heavy atom. The van der Waals surface area contributed by atoms with E-state index in [0.29, 0.717) is 5.54 Å². The van der Waals surface area contributed by atoms with Crippen LogP contribution in [0, 0.1) is 5.92 Å². The summed E-state index contributed by atoms with van der Waals surface area (Å²) in [4.78, 5) is 0. The smallest absolute Gasteiger partial charge is 0.0483 e. The maximum atomic E-state index is 5.37. The first-order valence-corrected chi connectivity index (χ1v) is 5.82. The minimum absolute atomic E-state index is 0.343. The fourth-order valence-electron chi connectivity index (χ4n) is 2.13. The van der Waals surface area contributed by atoms with Crippen LogP contribution < -0.4 is 10.6 Å². The first-order valence-electron chi connectivity index (χ1n) is 5.82. The molecule has 0 unspecified atom stereocenters. The number of rotatable bonds is 4. The summed E-state index contributed by atoms with van der Waals surface area (Å²) >= 11 is 0. The molecule has 2 aliphatic heterocycles. The zero-order valence-electron chi connectivity index (χ0n) is 9.14. The van der Waals surface area contributed by atoms with E-state index in [1.54, 1.807) is 0 Å². The molecule has 0 aliphatic carbocycles. The molecular weight excluding hydrogens is 176 g/mol. The zero-order valence-corrected chi connectivity index (χ0v) is 9.14. The number of ether oxygens (including phenoxy) is 1. The molecule has 0 aromatic carbocycles. The minimum Gasteiger partial charge on any atom is -0.381 e. The summed E-state index contributed by atoms with van der Waals surface area (Å²) in [6.07, 6.45) is 3.65. The molecule has 2 aliphatic rings. The molecule has 0 aromatic rings. The fraction of sp³-hybridized carbons (Fsp3) is 1.00. The van der Waals surface area contributed by atoms with Crippen molar-refractivity contribution in [1.29, 1.82) is 0 Å². The summed E-state index contributed by atoms with van der Waals surface area (Å²) in [6, 6.07) is 0. The second kappa shape index (κ2) is 4.60. The van der Waals surface area contributed by atoms with Gasteiger partial charge in [0, 0.05) is 18.8 Å². The lowest BCUT2D eigenvalue weighted by atomic mass is 9.91. The number of hydrogen-bond donors (Lipinski definition) is 2. The van der Waals surface area contributed by atoms with Gasteiger partial charge in [-0.05, 0) is 51.7 Å². The highest BCUT2D eigenvalue weighted by Gasteiger charge is 2.26. The maximum Gasteiger partial charge on any atom is 0.0483 e. The minimum atomic E-state index is 0.343. The molecule has 14 heavy (non-hydrogen) atoms. The lowest BCUT2D eigenvalue weighted by molar-refractivity contribution is 0.0446. The van der Waals surface area contributed by atoms with Gasteiger partial charge < -0.3 is 15.4 Å². The van der Waals surface area contributed by atoms with Gasteiger partial charge in [0.2, 0.25) is 0 Å². The number of nitrogens with one attached hydrogen (secondary N) is 2. The van der Waals surface area contributed by atoms with Crippen LogP contribution in [0.15, 0.2) is 0 Å². The second-order valence-corrected chi connectivity index (χ2v) is 4.91. The van der Waals surface area contributed by atoms with E-state index in [9.17, 15) is 0 Å². The van der Waals surface area contributed by atoms with Crippen molar-refractivity contribution in [3.63, 3.8) is 0 Å². The third-order valence-electron chi connectivity index (χ3n) is 3.57. The van der Waals surface area contributed by atoms with Crippen LogP contribution in [0.5, 0.6) is 0 Å². The van der Waals surface area contributed by atoms with Crippen LogP contribution in [0.1, 0.15) is 26.2 Å². The van der Waals surface area contributed by atoms with Gasteiger partial charge in [0.15, 0.2) is 0 Å². The van der Waals surface area contributed by atoms with Gasteiger partial charge in [-0.3, -0.25) is 0 Å². The molecule has 0 saturated carbocycles. The highest BCUT2D eigenvalue weighted by molar-refractivity contribution is 4.86. The normalized spacial score (nSPS) is 27.2. The molecule has 3 nitrogen and oxygen atoms in total. The third kappa shape index (κ3) is 2.69. The summed E-state index contributed by atoms with van der Waals surface area (Å²) in [7, 11) is 0. The summed E-state index contributed by atoms with van der Waals surface area (Å²) in [5.74, 6) is 0.922. The molecule has 0 atom stereocenters. The zero-order chi connectivity index (χ0) is 9.86. The van der Waals surface area contributed by atoms with Crippen LogP contribution >= 0.6 is 0 Å². The van der Waals surface area contributed by atoms with E-state index in [4.69, 9.17) is 4.74 Å². The van der Waals surface area contributed by atoms with Crippen molar-refractivity contribution in [2.45, 2.75) is 31.7 Å². The van der Waals surface area contributed by atoms with Crippen molar-refractivity contribution >= 4 is 0 Å². The van der Waals surface area contributed by atoms with E-state index < -0.39 is 0 Å². The van der Waals surface area contributed by atoms with E-state index in [-0.39, 0.29) is 0 Å². The molecule has 0 spiro atoms. The standard InChI is InChI=1S/C11H22N2O/c1-11(3-6-14-7-4-11)13-5-2-10-8-12-9-10/h10,12-13H,2-9H2,1H3. The maximum absolute atomic E-state index is 5.37. The lowest BCUT2D eigenvalue weighted by Crippen LogP contribution is -2.49. The predicted octanol–water partition coefficient (Wildman–Crippen LogP) is 0.755. The van der Waals surface area contributed by atoms with Crippen molar-refractivity contribution in [1.82, 2.24) is 10.6 Å². The Labute approximate surface area is 86.6 Å². The van der Waals surface area contributed by atoms with Crippen LogP contribution in [-0.2, 0) is 4.74 Å². The highest BCUT2D eigenvalue weighted by atomic mass is 16.5. The Hall–Kier alpha value is -0.120. The largest absolute Gasteiger partial charge is 0.381 e. The summed E-state index contributed by atoms with van der Waals surface area (Å²) < 4.78 is 5.37. The van der Waals surface area contributed by atoms with Gasteiger partial charge in [-0.2, -0.15) is 0 Å². The average molecular weight is 198 g/mol. The van der Waals surface area contributed by atoms with Crippen LogP contribution in [0.25, 0.3) is 0 Å². The Bertz CT molecular complexity index is 174. The predicted molar refractivity (Wildman–Crippen MR) is 57.4 cm³/mol. The quantitative estimate of drug-likeness (QED) is 0.699. The number of hydrogen-bond acceptors (Lipinski definition) is 3. The van der Waals surface area contributed by atoms with E-state index in [0.717, 1.165) is 32.0 Å². The molecule has 0 bridgehead atoms. The lowest BCUT2D eigenvalue weighted by Gasteiger charge is -2.36.